The molecule has 1 aromatic rings. The van der Waals surface area contributed by atoms with Gasteiger partial charge < -0.3 is 14.7 Å². The van der Waals surface area contributed by atoms with Crippen LogP contribution in [0, 0.1) is 5.92 Å². The van der Waals surface area contributed by atoms with E-state index in [1.165, 1.54) is 4.90 Å². The van der Waals surface area contributed by atoms with Gasteiger partial charge in [-0.15, -0.1) is 0 Å². The summed E-state index contributed by atoms with van der Waals surface area (Å²) in [4.78, 5) is 25.7. The highest BCUT2D eigenvalue weighted by Crippen LogP contribution is 2.29. The third-order valence-electron chi connectivity index (χ3n) is 4.38. The Hall–Kier alpha value is -2.04. The first-order valence-corrected chi connectivity index (χ1v) is 7.37. The minimum atomic E-state index is -0.917. The van der Waals surface area contributed by atoms with E-state index in [0.717, 1.165) is 30.6 Å². The maximum Gasteiger partial charge on any atom is 0.326 e. The van der Waals surface area contributed by atoms with Crippen LogP contribution in [0.4, 0.5) is 0 Å². The van der Waals surface area contributed by atoms with Crippen molar-refractivity contribution in [3.05, 3.63) is 29.3 Å². The summed E-state index contributed by atoms with van der Waals surface area (Å²) in [5.74, 6) is -0.296. The smallest absolute Gasteiger partial charge is 0.326 e. The van der Waals surface area contributed by atoms with Gasteiger partial charge in [-0.05, 0) is 42.5 Å². The Morgan fingerprint density at radius 2 is 2.19 bits per heavy atom. The van der Waals surface area contributed by atoms with E-state index in [9.17, 15) is 14.7 Å². The Kier molecular flexibility index (Phi) is 3.57. The molecule has 112 valence electrons. The van der Waals surface area contributed by atoms with Crippen molar-refractivity contribution >= 4 is 11.9 Å². The van der Waals surface area contributed by atoms with Crippen molar-refractivity contribution in [2.75, 3.05) is 13.2 Å². The number of carboxylic acids is 1. The van der Waals surface area contributed by atoms with Gasteiger partial charge in [0.2, 0.25) is 0 Å². The topological polar surface area (TPSA) is 66.8 Å². The fourth-order valence-electron chi connectivity index (χ4n) is 3.28. The Morgan fingerprint density at radius 3 is 2.95 bits per heavy atom. The van der Waals surface area contributed by atoms with Crippen LogP contribution < -0.4 is 4.74 Å². The summed E-state index contributed by atoms with van der Waals surface area (Å²) < 4.78 is 5.44. The Morgan fingerprint density at radius 1 is 1.38 bits per heavy atom. The van der Waals surface area contributed by atoms with Gasteiger partial charge in [0.05, 0.1) is 6.61 Å². The van der Waals surface area contributed by atoms with Crippen LogP contribution in [-0.2, 0) is 11.2 Å². The minimum absolute atomic E-state index is 0.0158. The number of hydrogen-bond donors (Lipinski definition) is 1. The molecule has 3 rings (SSSR count). The van der Waals surface area contributed by atoms with E-state index in [2.05, 4.69) is 0 Å². The van der Waals surface area contributed by atoms with Gasteiger partial charge in [0.1, 0.15) is 11.8 Å². The number of rotatable bonds is 2. The van der Waals surface area contributed by atoms with Gasteiger partial charge in [0.15, 0.2) is 0 Å². The number of likely N-dealkylation sites (tertiary alicyclic amines) is 1. The maximum absolute atomic E-state index is 12.7. The molecular weight excluding hydrogens is 270 g/mol. The number of carbonyl (C=O) groups excluding carboxylic acids is 1. The lowest BCUT2D eigenvalue weighted by molar-refractivity contribution is -0.145. The van der Waals surface area contributed by atoms with Crippen molar-refractivity contribution in [1.29, 1.82) is 0 Å². The van der Waals surface area contributed by atoms with Crippen LogP contribution in [0.2, 0.25) is 0 Å². The molecule has 21 heavy (non-hydrogen) atoms. The first-order chi connectivity index (χ1) is 10.1. The van der Waals surface area contributed by atoms with E-state index in [-0.39, 0.29) is 11.8 Å². The van der Waals surface area contributed by atoms with Gasteiger partial charge in [-0.1, -0.05) is 6.92 Å². The second kappa shape index (κ2) is 5.39. The lowest BCUT2D eigenvalue weighted by Crippen LogP contribution is -2.51. The number of carboxylic acid groups (broad SMARTS) is 1. The summed E-state index contributed by atoms with van der Waals surface area (Å²) in [6.45, 7) is 3.05. The number of carbonyl (C=O) groups is 2. The van der Waals surface area contributed by atoms with Crippen molar-refractivity contribution < 1.29 is 19.4 Å². The predicted octanol–water partition coefficient (Wildman–Crippen LogP) is 1.95. The van der Waals surface area contributed by atoms with Crippen molar-refractivity contribution in [1.82, 2.24) is 4.90 Å². The molecule has 0 bridgehead atoms. The number of amides is 1. The van der Waals surface area contributed by atoms with Gasteiger partial charge in [-0.3, -0.25) is 4.79 Å². The molecule has 0 spiro atoms. The highest BCUT2D eigenvalue weighted by molar-refractivity contribution is 5.97. The molecule has 2 aliphatic heterocycles. The molecule has 0 saturated carbocycles. The molecule has 0 aromatic heterocycles. The molecule has 2 atom stereocenters. The maximum atomic E-state index is 12.7. The van der Waals surface area contributed by atoms with Crippen LogP contribution in [0.1, 0.15) is 35.7 Å². The van der Waals surface area contributed by atoms with Crippen LogP contribution >= 0.6 is 0 Å². The molecule has 1 aromatic carbocycles. The van der Waals surface area contributed by atoms with E-state index in [4.69, 9.17) is 4.74 Å². The summed E-state index contributed by atoms with van der Waals surface area (Å²) in [6.07, 6.45) is 2.50. The standard InChI is InChI=1S/C16H19NO4/c1-10-3-2-7-17(14(10)16(19)20)15(18)12-4-5-13-11(9-12)6-8-21-13/h4-5,9-10,14H,2-3,6-8H2,1H3,(H,19,20). The first-order valence-electron chi connectivity index (χ1n) is 7.37. The number of aliphatic carboxylic acids is 1. The molecule has 1 saturated heterocycles. The van der Waals surface area contributed by atoms with Crippen LogP contribution in [-0.4, -0.2) is 41.1 Å². The fourth-order valence-corrected chi connectivity index (χ4v) is 3.28. The molecule has 2 aliphatic rings. The fraction of sp³-hybridized carbons (Fsp3) is 0.500. The summed E-state index contributed by atoms with van der Waals surface area (Å²) in [6, 6.07) is 4.64. The minimum Gasteiger partial charge on any atom is -0.493 e. The van der Waals surface area contributed by atoms with Crippen LogP contribution in [0.5, 0.6) is 5.75 Å². The Balaban J connectivity index is 1.88. The highest BCUT2D eigenvalue weighted by Gasteiger charge is 2.37. The molecule has 0 radical (unpaired) electrons. The highest BCUT2D eigenvalue weighted by atomic mass is 16.5. The van der Waals surface area contributed by atoms with Crippen molar-refractivity contribution in [3.8, 4) is 5.75 Å². The zero-order valence-electron chi connectivity index (χ0n) is 12.0. The van der Waals surface area contributed by atoms with Gasteiger partial charge in [-0.25, -0.2) is 4.79 Å². The Bertz CT molecular complexity index is 584. The molecule has 1 amide bonds. The SMILES string of the molecule is CC1CCCN(C(=O)c2ccc3c(c2)CCO3)C1C(=O)O. The first kappa shape index (κ1) is 13.9. The summed E-state index contributed by atoms with van der Waals surface area (Å²) in [5, 5.41) is 9.42. The number of benzene rings is 1. The van der Waals surface area contributed by atoms with Crippen LogP contribution in [0.3, 0.4) is 0 Å². The molecule has 2 unspecified atom stereocenters. The average Bonchev–Trinajstić information content (AvgIpc) is 2.93. The third-order valence-corrected chi connectivity index (χ3v) is 4.38. The van der Waals surface area contributed by atoms with Crippen molar-refractivity contribution in [3.63, 3.8) is 0 Å². The zero-order valence-corrected chi connectivity index (χ0v) is 12.0. The second-order valence-corrected chi connectivity index (χ2v) is 5.82. The number of ether oxygens (including phenoxy) is 1. The molecule has 1 fully saturated rings. The van der Waals surface area contributed by atoms with E-state index >= 15 is 0 Å². The normalized spacial score (nSPS) is 24.3. The molecule has 5 heteroatoms. The quantitative estimate of drug-likeness (QED) is 0.903. The van der Waals surface area contributed by atoms with E-state index in [1.807, 2.05) is 13.0 Å². The van der Waals surface area contributed by atoms with Crippen LogP contribution in [0.25, 0.3) is 0 Å². The Labute approximate surface area is 123 Å². The molecule has 0 aliphatic carbocycles. The van der Waals surface area contributed by atoms with E-state index in [0.29, 0.717) is 18.7 Å². The molecule has 2 heterocycles. The lowest BCUT2D eigenvalue weighted by Gasteiger charge is -2.37. The van der Waals surface area contributed by atoms with Crippen molar-refractivity contribution in [2.24, 2.45) is 5.92 Å². The summed E-state index contributed by atoms with van der Waals surface area (Å²) in [7, 11) is 0. The molecule has 5 nitrogen and oxygen atoms in total. The summed E-state index contributed by atoms with van der Waals surface area (Å²) in [5.41, 5.74) is 1.58. The van der Waals surface area contributed by atoms with E-state index < -0.39 is 12.0 Å². The largest absolute Gasteiger partial charge is 0.493 e. The average molecular weight is 289 g/mol. The van der Waals surface area contributed by atoms with Gasteiger partial charge >= 0.3 is 5.97 Å². The number of nitrogens with zero attached hydrogens (tertiary/aromatic N) is 1. The predicted molar refractivity (Wildman–Crippen MR) is 76.5 cm³/mol. The number of fused-ring (bicyclic) bond motifs is 1. The van der Waals surface area contributed by atoms with Crippen LogP contribution in [0.15, 0.2) is 18.2 Å². The number of hydrogen-bond acceptors (Lipinski definition) is 3. The summed E-state index contributed by atoms with van der Waals surface area (Å²) >= 11 is 0. The zero-order chi connectivity index (χ0) is 15.0. The third kappa shape index (κ3) is 2.48. The van der Waals surface area contributed by atoms with Gasteiger partial charge in [0.25, 0.3) is 5.91 Å². The lowest BCUT2D eigenvalue weighted by atomic mass is 9.90. The van der Waals surface area contributed by atoms with E-state index in [1.54, 1.807) is 12.1 Å². The van der Waals surface area contributed by atoms with Crippen molar-refractivity contribution in [2.45, 2.75) is 32.2 Å². The molecule has 1 N–H and O–H groups in total. The molecular formula is C16H19NO4. The van der Waals surface area contributed by atoms with Gasteiger partial charge in [0, 0.05) is 18.5 Å². The monoisotopic (exact) mass is 289 g/mol. The second-order valence-electron chi connectivity index (χ2n) is 5.82. The number of piperidine rings is 1. The van der Waals surface area contributed by atoms with Gasteiger partial charge in [-0.2, -0.15) is 0 Å².